The molecule has 4 rings (SSSR count). The molecule has 0 radical (unpaired) electrons. The summed E-state index contributed by atoms with van der Waals surface area (Å²) in [5.41, 5.74) is 1.19. The highest BCUT2D eigenvalue weighted by Crippen LogP contribution is 2.58. The van der Waals surface area contributed by atoms with Crippen LogP contribution in [0.3, 0.4) is 0 Å². The number of nitrogens with zero attached hydrogens (tertiary/aromatic N) is 2. The lowest BCUT2D eigenvalue weighted by Gasteiger charge is -2.62. The molecule has 1 heterocycles. The zero-order valence-electron chi connectivity index (χ0n) is 10.3. The normalized spacial score (nSPS) is 28.7. The van der Waals surface area contributed by atoms with Gasteiger partial charge in [0.05, 0.1) is 12.9 Å². The van der Waals surface area contributed by atoms with Crippen molar-refractivity contribution in [2.24, 2.45) is 5.92 Å². The highest BCUT2D eigenvalue weighted by molar-refractivity contribution is 6.28. The van der Waals surface area contributed by atoms with Crippen LogP contribution in [0.2, 0.25) is 5.28 Å². The monoisotopic (exact) mass is 265 g/mol. The number of ether oxygens (including phenoxy) is 1. The van der Waals surface area contributed by atoms with Crippen LogP contribution >= 0.6 is 11.6 Å². The van der Waals surface area contributed by atoms with Gasteiger partial charge in [0.25, 0.3) is 0 Å². The molecule has 3 saturated carbocycles. The molecule has 0 atom stereocenters. The van der Waals surface area contributed by atoms with E-state index in [4.69, 9.17) is 16.3 Å². The van der Waals surface area contributed by atoms with Crippen molar-refractivity contribution in [3.63, 3.8) is 0 Å². The molecule has 96 valence electrons. The molecule has 2 bridgehead atoms. The first-order valence-corrected chi connectivity index (χ1v) is 6.67. The van der Waals surface area contributed by atoms with Crippen molar-refractivity contribution in [3.8, 4) is 0 Å². The van der Waals surface area contributed by atoms with Gasteiger partial charge in [0.1, 0.15) is 5.82 Å². The van der Waals surface area contributed by atoms with Gasteiger partial charge < -0.3 is 10.1 Å². The number of anilines is 1. The summed E-state index contributed by atoms with van der Waals surface area (Å²) in [7, 11) is 0. The molecule has 0 spiro atoms. The molecule has 18 heavy (non-hydrogen) atoms. The lowest BCUT2D eigenvalue weighted by molar-refractivity contribution is 0.00179. The van der Waals surface area contributed by atoms with E-state index in [1.165, 1.54) is 19.3 Å². The Hall–Kier alpha value is -1.29. The molecule has 1 N–H and O–H groups in total. The highest BCUT2D eigenvalue weighted by atomic mass is 35.5. The van der Waals surface area contributed by atoms with E-state index in [1.54, 1.807) is 12.5 Å². The molecule has 4 nitrogen and oxygen atoms in total. The summed E-state index contributed by atoms with van der Waals surface area (Å²) in [4.78, 5) is 8.29. The fourth-order valence-electron chi connectivity index (χ4n) is 2.69. The van der Waals surface area contributed by atoms with Gasteiger partial charge in [-0.05, 0) is 49.8 Å². The molecular formula is C13H16ClN3O. The second-order valence-electron chi connectivity index (χ2n) is 5.08. The first-order chi connectivity index (χ1) is 8.71. The van der Waals surface area contributed by atoms with E-state index < -0.39 is 0 Å². The summed E-state index contributed by atoms with van der Waals surface area (Å²) in [6, 6.07) is 0. The summed E-state index contributed by atoms with van der Waals surface area (Å²) in [6.07, 6.45) is 9.02. The molecule has 1 aromatic heterocycles. The number of halogens is 1. The predicted octanol–water partition coefficient (Wildman–Crippen LogP) is 3.10. The molecule has 1 aromatic rings. The summed E-state index contributed by atoms with van der Waals surface area (Å²) in [5.74, 6) is 1.74. The first kappa shape index (κ1) is 11.8. The minimum atomic E-state index is 0.274. The van der Waals surface area contributed by atoms with Gasteiger partial charge in [-0.1, -0.05) is 0 Å². The lowest BCUT2D eigenvalue weighted by atomic mass is 9.50. The number of nitrogens with one attached hydrogen (secondary N) is 1. The Morgan fingerprint density at radius 2 is 2.33 bits per heavy atom. The molecule has 0 unspecified atom stereocenters. The van der Waals surface area contributed by atoms with E-state index in [9.17, 15) is 0 Å². The third-order valence-corrected chi connectivity index (χ3v) is 3.90. The van der Waals surface area contributed by atoms with E-state index in [2.05, 4.69) is 15.3 Å². The minimum absolute atomic E-state index is 0.274. The van der Waals surface area contributed by atoms with Gasteiger partial charge in [-0.25, -0.2) is 9.97 Å². The zero-order valence-corrected chi connectivity index (χ0v) is 11.1. The molecule has 3 aliphatic rings. The second kappa shape index (κ2) is 4.43. The maximum atomic E-state index is 5.86. The van der Waals surface area contributed by atoms with Gasteiger partial charge in [-0.3, -0.25) is 0 Å². The Morgan fingerprint density at radius 1 is 1.56 bits per heavy atom. The van der Waals surface area contributed by atoms with Crippen molar-refractivity contribution in [2.45, 2.75) is 31.7 Å². The summed E-state index contributed by atoms with van der Waals surface area (Å²) >= 11 is 5.86. The molecule has 0 amide bonds. The highest BCUT2D eigenvalue weighted by Gasteiger charge is 2.56. The van der Waals surface area contributed by atoms with Crippen LogP contribution in [0.15, 0.2) is 12.5 Å². The van der Waals surface area contributed by atoms with Crippen LogP contribution in [0, 0.1) is 5.92 Å². The van der Waals surface area contributed by atoms with Crippen molar-refractivity contribution in [2.75, 3.05) is 11.9 Å². The van der Waals surface area contributed by atoms with Crippen LogP contribution in [0.5, 0.6) is 0 Å². The Kier molecular flexibility index (Phi) is 2.90. The maximum absolute atomic E-state index is 5.86. The number of aromatic nitrogens is 2. The van der Waals surface area contributed by atoms with E-state index in [1.807, 2.05) is 13.0 Å². The number of hydrogen-bond acceptors (Lipinski definition) is 4. The van der Waals surface area contributed by atoms with Crippen molar-refractivity contribution in [3.05, 3.63) is 23.3 Å². The largest absolute Gasteiger partial charge is 0.501 e. The smallest absolute Gasteiger partial charge is 0.224 e. The van der Waals surface area contributed by atoms with Gasteiger partial charge in [-0.2, -0.15) is 0 Å². The van der Waals surface area contributed by atoms with Gasteiger partial charge in [0.15, 0.2) is 0 Å². The lowest BCUT2D eigenvalue weighted by Crippen LogP contribution is -2.63. The minimum Gasteiger partial charge on any atom is -0.501 e. The second-order valence-corrected chi connectivity index (χ2v) is 5.42. The fourth-order valence-corrected chi connectivity index (χ4v) is 2.83. The molecule has 0 saturated heterocycles. The van der Waals surface area contributed by atoms with Crippen molar-refractivity contribution >= 4 is 23.5 Å². The fraction of sp³-hybridized carbons (Fsp3) is 0.538. The Labute approximate surface area is 111 Å². The molecule has 5 heteroatoms. The Balaban J connectivity index is 1.78. The zero-order chi connectivity index (χ0) is 12.6. The van der Waals surface area contributed by atoms with Crippen molar-refractivity contribution in [1.82, 2.24) is 9.97 Å². The topological polar surface area (TPSA) is 47.0 Å². The quantitative estimate of drug-likeness (QED) is 0.656. The van der Waals surface area contributed by atoms with Crippen LogP contribution in [0.1, 0.15) is 31.7 Å². The van der Waals surface area contributed by atoms with E-state index >= 15 is 0 Å². The van der Waals surface area contributed by atoms with Crippen LogP contribution < -0.4 is 5.32 Å². The van der Waals surface area contributed by atoms with E-state index in [-0.39, 0.29) is 10.8 Å². The van der Waals surface area contributed by atoms with Gasteiger partial charge >= 0.3 is 0 Å². The summed E-state index contributed by atoms with van der Waals surface area (Å²) < 4.78 is 5.21. The standard InChI is InChI=1S/C13H16ClN3O/c1-2-18-4-3-10-8-15-12(14)16-11(10)17-13-5-9(6-13)7-13/h3-4,8-9H,2,5-7H2,1H3,(H,15,16,17)/b4-3+. The molecule has 0 aliphatic heterocycles. The Morgan fingerprint density at radius 3 is 2.94 bits per heavy atom. The molecular weight excluding hydrogens is 250 g/mol. The number of hydrogen-bond donors (Lipinski definition) is 1. The van der Waals surface area contributed by atoms with Gasteiger partial charge in [0, 0.05) is 17.3 Å². The third kappa shape index (κ3) is 2.05. The number of rotatable bonds is 5. The maximum Gasteiger partial charge on any atom is 0.224 e. The van der Waals surface area contributed by atoms with Crippen molar-refractivity contribution < 1.29 is 4.74 Å². The molecule has 0 aromatic carbocycles. The summed E-state index contributed by atoms with van der Waals surface area (Å²) in [6.45, 7) is 2.60. The third-order valence-electron chi connectivity index (χ3n) is 3.72. The van der Waals surface area contributed by atoms with E-state index in [0.717, 1.165) is 17.3 Å². The van der Waals surface area contributed by atoms with Crippen molar-refractivity contribution in [1.29, 1.82) is 0 Å². The van der Waals surface area contributed by atoms with Gasteiger partial charge in [0.2, 0.25) is 5.28 Å². The van der Waals surface area contributed by atoms with Crippen LogP contribution in [0.25, 0.3) is 6.08 Å². The first-order valence-electron chi connectivity index (χ1n) is 6.30. The average Bonchev–Trinajstić information content (AvgIpc) is 2.25. The van der Waals surface area contributed by atoms with E-state index in [0.29, 0.717) is 6.61 Å². The summed E-state index contributed by atoms with van der Waals surface area (Å²) in [5, 5.41) is 3.79. The molecule has 3 aliphatic carbocycles. The van der Waals surface area contributed by atoms with Crippen LogP contribution in [-0.2, 0) is 4.74 Å². The van der Waals surface area contributed by atoms with Gasteiger partial charge in [-0.15, -0.1) is 0 Å². The molecule has 3 fully saturated rings. The average molecular weight is 266 g/mol. The SMILES string of the molecule is CCO/C=C/c1cnc(Cl)nc1NC12CC(C1)C2. The van der Waals surface area contributed by atoms with Crippen LogP contribution in [-0.4, -0.2) is 22.1 Å². The Bertz CT molecular complexity index is 472. The predicted molar refractivity (Wildman–Crippen MR) is 71.4 cm³/mol. The van der Waals surface area contributed by atoms with Crippen LogP contribution in [0.4, 0.5) is 5.82 Å².